The average Bonchev–Trinajstić information content (AvgIpc) is 2.28. The third-order valence-corrected chi connectivity index (χ3v) is 2.57. The van der Waals surface area contributed by atoms with Gasteiger partial charge in [-0.1, -0.05) is 0 Å². The van der Waals surface area contributed by atoms with E-state index in [1.807, 2.05) is 6.07 Å². The molecule has 1 amide bonds. The molecule has 0 spiro atoms. The van der Waals surface area contributed by atoms with Gasteiger partial charge in [0.1, 0.15) is 6.04 Å². The Hall–Kier alpha value is -2.30. The first-order valence-corrected chi connectivity index (χ1v) is 5.28. The van der Waals surface area contributed by atoms with Crippen molar-refractivity contribution in [2.75, 3.05) is 11.1 Å². The van der Waals surface area contributed by atoms with E-state index in [-0.39, 0.29) is 0 Å². The van der Waals surface area contributed by atoms with Crippen LogP contribution in [0.15, 0.2) is 30.5 Å². The van der Waals surface area contributed by atoms with Crippen LogP contribution in [0.2, 0.25) is 0 Å². The van der Waals surface area contributed by atoms with Crippen LogP contribution in [0.5, 0.6) is 0 Å². The molecule has 0 saturated heterocycles. The molecule has 5 heteroatoms. The Labute approximate surface area is 98.8 Å². The second-order valence-electron chi connectivity index (χ2n) is 3.90. The minimum Gasteiger partial charge on any atom is -0.399 e. The van der Waals surface area contributed by atoms with Crippen LogP contribution < -0.4 is 16.8 Å². The van der Waals surface area contributed by atoms with Crippen molar-refractivity contribution in [1.29, 1.82) is 0 Å². The number of hydrogen-bond acceptors (Lipinski definition) is 4. The van der Waals surface area contributed by atoms with Gasteiger partial charge >= 0.3 is 0 Å². The van der Waals surface area contributed by atoms with E-state index in [1.54, 1.807) is 31.3 Å². The summed E-state index contributed by atoms with van der Waals surface area (Å²) >= 11 is 0. The van der Waals surface area contributed by atoms with Crippen LogP contribution in [0.25, 0.3) is 10.9 Å². The summed E-state index contributed by atoms with van der Waals surface area (Å²) < 4.78 is 0. The van der Waals surface area contributed by atoms with E-state index in [9.17, 15) is 4.79 Å². The number of primary amides is 1. The van der Waals surface area contributed by atoms with Gasteiger partial charge in [-0.05, 0) is 31.2 Å². The van der Waals surface area contributed by atoms with Gasteiger partial charge in [0.15, 0.2) is 0 Å². The fraction of sp³-hybridized carbons (Fsp3) is 0.167. The molecule has 0 aliphatic carbocycles. The Kier molecular flexibility index (Phi) is 2.82. The van der Waals surface area contributed by atoms with E-state index in [1.165, 1.54) is 0 Å². The van der Waals surface area contributed by atoms with Gasteiger partial charge in [-0.25, -0.2) is 0 Å². The zero-order chi connectivity index (χ0) is 12.4. The first-order valence-electron chi connectivity index (χ1n) is 5.28. The number of nitrogens with two attached hydrogens (primary N) is 2. The Balaban J connectivity index is 2.44. The topological polar surface area (TPSA) is 94.0 Å². The summed E-state index contributed by atoms with van der Waals surface area (Å²) in [6.45, 7) is 1.71. The first kappa shape index (κ1) is 11.2. The van der Waals surface area contributed by atoms with E-state index in [2.05, 4.69) is 10.3 Å². The van der Waals surface area contributed by atoms with Crippen LogP contribution in [-0.2, 0) is 4.79 Å². The van der Waals surface area contributed by atoms with Crippen molar-refractivity contribution in [3.05, 3.63) is 30.5 Å². The lowest BCUT2D eigenvalue weighted by atomic mass is 10.1. The van der Waals surface area contributed by atoms with E-state index in [0.29, 0.717) is 5.69 Å². The molecule has 5 nitrogen and oxygen atoms in total. The van der Waals surface area contributed by atoms with Crippen molar-refractivity contribution in [2.24, 2.45) is 5.73 Å². The summed E-state index contributed by atoms with van der Waals surface area (Å²) in [5.74, 6) is -0.398. The number of carbonyl (C=O) groups is 1. The molecule has 1 atom stereocenters. The van der Waals surface area contributed by atoms with Crippen molar-refractivity contribution in [1.82, 2.24) is 4.98 Å². The second-order valence-corrected chi connectivity index (χ2v) is 3.90. The number of aromatic nitrogens is 1. The molecular formula is C12H14N4O. The largest absolute Gasteiger partial charge is 0.399 e. The molecule has 2 rings (SSSR count). The number of hydrogen-bond donors (Lipinski definition) is 3. The summed E-state index contributed by atoms with van der Waals surface area (Å²) in [7, 11) is 0. The molecule has 2 aromatic rings. The Bertz CT molecular complexity index is 567. The number of nitrogen functional groups attached to an aromatic ring is 1. The predicted molar refractivity (Wildman–Crippen MR) is 68.4 cm³/mol. The predicted octanol–water partition coefficient (Wildman–Crippen LogP) is 1.10. The lowest BCUT2D eigenvalue weighted by molar-refractivity contribution is -0.118. The highest BCUT2D eigenvalue weighted by atomic mass is 16.1. The molecule has 1 unspecified atom stereocenters. The fourth-order valence-electron chi connectivity index (χ4n) is 1.60. The molecule has 0 radical (unpaired) electrons. The SMILES string of the molecule is CC(Nc1ccnc2cc(N)ccc12)C(N)=O. The second kappa shape index (κ2) is 4.29. The smallest absolute Gasteiger partial charge is 0.239 e. The molecule has 0 saturated carbocycles. The highest BCUT2D eigenvalue weighted by Crippen LogP contribution is 2.23. The van der Waals surface area contributed by atoms with Gasteiger partial charge in [-0.15, -0.1) is 0 Å². The van der Waals surface area contributed by atoms with Gasteiger partial charge in [-0.3, -0.25) is 9.78 Å². The van der Waals surface area contributed by atoms with Gasteiger partial charge in [0.05, 0.1) is 5.52 Å². The number of fused-ring (bicyclic) bond motifs is 1. The molecule has 0 fully saturated rings. The number of carbonyl (C=O) groups excluding carboxylic acids is 1. The number of nitrogens with zero attached hydrogens (tertiary/aromatic N) is 1. The molecular weight excluding hydrogens is 216 g/mol. The van der Waals surface area contributed by atoms with Crippen LogP contribution in [0.1, 0.15) is 6.92 Å². The quantitative estimate of drug-likeness (QED) is 0.688. The van der Waals surface area contributed by atoms with Gasteiger partial charge in [0.25, 0.3) is 0 Å². The summed E-state index contributed by atoms with van der Waals surface area (Å²) in [5, 5.41) is 3.96. The van der Waals surface area contributed by atoms with Crippen LogP contribution >= 0.6 is 0 Å². The van der Waals surface area contributed by atoms with Crippen molar-refractivity contribution in [2.45, 2.75) is 13.0 Å². The van der Waals surface area contributed by atoms with Gasteiger partial charge in [0.2, 0.25) is 5.91 Å². The number of nitrogens with one attached hydrogen (secondary N) is 1. The van der Waals surface area contributed by atoms with Crippen LogP contribution in [0.4, 0.5) is 11.4 Å². The Morgan fingerprint density at radius 2 is 2.18 bits per heavy atom. The number of amides is 1. The molecule has 0 aliphatic rings. The fourth-order valence-corrected chi connectivity index (χ4v) is 1.60. The van der Waals surface area contributed by atoms with E-state index < -0.39 is 11.9 Å². The number of anilines is 2. The maximum absolute atomic E-state index is 11.0. The minimum atomic E-state index is -0.432. The molecule has 5 N–H and O–H groups in total. The molecule has 0 aliphatic heterocycles. The molecule has 17 heavy (non-hydrogen) atoms. The highest BCUT2D eigenvalue weighted by molar-refractivity contribution is 5.94. The monoisotopic (exact) mass is 230 g/mol. The van der Waals surface area contributed by atoms with Crippen LogP contribution in [0.3, 0.4) is 0 Å². The molecule has 1 aromatic heterocycles. The van der Waals surface area contributed by atoms with Crippen molar-refractivity contribution >= 4 is 28.2 Å². The van der Waals surface area contributed by atoms with Gasteiger partial charge in [0, 0.05) is 23.0 Å². The Morgan fingerprint density at radius 1 is 1.41 bits per heavy atom. The molecule has 1 aromatic carbocycles. The van der Waals surface area contributed by atoms with Crippen molar-refractivity contribution < 1.29 is 4.79 Å². The third kappa shape index (κ3) is 2.28. The summed E-state index contributed by atoms with van der Waals surface area (Å²) in [5.41, 5.74) is 13.2. The number of rotatable bonds is 3. The lowest BCUT2D eigenvalue weighted by Crippen LogP contribution is -2.32. The van der Waals surface area contributed by atoms with Gasteiger partial charge in [-0.2, -0.15) is 0 Å². The molecule has 1 heterocycles. The Morgan fingerprint density at radius 3 is 2.88 bits per heavy atom. The van der Waals surface area contributed by atoms with E-state index >= 15 is 0 Å². The number of pyridine rings is 1. The number of benzene rings is 1. The third-order valence-electron chi connectivity index (χ3n) is 2.57. The van der Waals surface area contributed by atoms with Crippen molar-refractivity contribution in [3.8, 4) is 0 Å². The maximum atomic E-state index is 11.0. The maximum Gasteiger partial charge on any atom is 0.239 e. The van der Waals surface area contributed by atoms with Crippen LogP contribution in [0, 0.1) is 0 Å². The van der Waals surface area contributed by atoms with Crippen LogP contribution in [-0.4, -0.2) is 16.9 Å². The summed E-state index contributed by atoms with van der Waals surface area (Å²) in [4.78, 5) is 15.2. The zero-order valence-electron chi connectivity index (χ0n) is 9.47. The lowest BCUT2D eigenvalue weighted by Gasteiger charge is -2.13. The van der Waals surface area contributed by atoms with E-state index in [4.69, 9.17) is 11.5 Å². The zero-order valence-corrected chi connectivity index (χ0v) is 9.47. The average molecular weight is 230 g/mol. The first-order chi connectivity index (χ1) is 8.08. The standard InChI is InChI=1S/C12H14N4O/c1-7(12(14)17)16-10-4-5-15-11-6-8(13)2-3-9(10)11/h2-7H,13H2,1H3,(H2,14,17)(H,15,16). The molecule has 0 bridgehead atoms. The minimum absolute atomic E-state index is 0.398. The van der Waals surface area contributed by atoms with Gasteiger partial charge < -0.3 is 16.8 Å². The van der Waals surface area contributed by atoms with E-state index in [0.717, 1.165) is 16.6 Å². The van der Waals surface area contributed by atoms with Crippen molar-refractivity contribution in [3.63, 3.8) is 0 Å². The summed E-state index contributed by atoms with van der Waals surface area (Å²) in [6.07, 6.45) is 1.66. The summed E-state index contributed by atoms with van der Waals surface area (Å²) in [6, 6.07) is 6.82. The normalized spacial score (nSPS) is 12.3. The highest BCUT2D eigenvalue weighted by Gasteiger charge is 2.10. The molecule has 88 valence electrons.